The minimum atomic E-state index is -1.28. The smallest absolute Gasteiger partial charge is 0.0735 e. The molecule has 1 heterocycles. The van der Waals surface area contributed by atoms with Crippen molar-refractivity contribution in [2.24, 2.45) is 0 Å². The van der Waals surface area contributed by atoms with E-state index in [1.54, 1.807) is 0 Å². The van der Waals surface area contributed by atoms with Gasteiger partial charge in [-0.15, -0.1) is 0 Å². The average molecular weight is 814 g/mol. The van der Waals surface area contributed by atoms with E-state index >= 15 is 0 Å². The van der Waals surface area contributed by atoms with Gasteiger partial charge in [0.05, 0.1) is 5.41 Å². The third kappa shape index (κ3) is 5.17. The van der Waals surface area contributed by atoms with Crippen molar-refractivity contribution in [3.8, 4) is 44.5 Å². The standard InChI is InChI=1S/C60H47NS/c1-59(2)51-20-10-8-18-47(51)49-36-34-45(38-55(49)59)61(44-32-30-43(31-33-44)42-28-26-41(27-29-42)40-16-6-5-7-17-40)46-35-37-50-48-19-9-11-21-52(48)60(56(50)39-46)53-22-12-14-24-57(53)62(3,4)58-25-15-13-23-54(58)60/h5-39H,1-4H3. The van der Waals surface area contributed by atoms with Gasteiger partial charge in [0.25, 0.3) is 0 Å². The highest BCUT2D eigenvalue weighted by Crippen LogP contribution is 2.71. The van der Waals surface area contributed by atoms with Gasteiger partial charge in [0.15, 0.2) is 0 Å². The second kappa shape index (κ2) is 13.6. The van der Waals surface area contributed by atoms with Crippen molar-refractivity contribution < 1.29 is 0 Å². The van der Waals surface area contributed by atoms with Crippen molar-refractivity contribution in [2.75, 3.05) is 17.4 Å². The van der Waals surface area contributed by atoms with Gasteiger partial charge in [-0.1, -0.05) is 178 Å². The molecule has 0 atom stereocenters. The van der Waals surface area contributed by atoms with E-state index in [0.29, 0.717) is 0 Å². The summed E-state index contributed by atoms with van der Waals surface area (Å²) in [7, 11) is -1.28. The first-order chi connectivity index (χ1) is 30.3. The SMILES string of the molecule is CC1(C)c2ccccc2-c2ccc(N(c3ccc(-c4ccc(-c5ccccc5)cc4)cc3)c3ccc4c(c3)C3(c5ccccc5-4)c4ccccc4S(C)(C)c4ccccc43)cc21. The summed E-state index contributed by atoms with van der Waals surface area (Å²) in [5.41, 5.74) is 21.3. The monoisotopic (exact) mass is 813 g/mol. The van der Waals surface area contributed by atoms with E-state index in [4.69, 9.17) is 0 Å². The Bertz CT molecular complexity index is 3180. The molecule has 0 unspecified atom stereocenters. The number of anilines is 3. The van der Waals surface area contributed by atoms with Gasteiger partial charge in [-0.25, -0.2) is 0 Å². The molecule has 3 aliphatic rings. The molecule has 0 radical (unpaired) electrons. The van der Waals surface area contributed by atoms with Crippen LogP contribution in [0.3, 0.4) is 0 Å². The molecule has 0 N–H and O–H groups in total. The Labute approximate surface area is 367 Å². The average Bonchev–Trinajstić information content (AvgIpc) is 3.74. The molecule has 0 saturated carbocycles. The zero-order valence-corrected chi connectivity index (χ0v) is 36.4. The number of rotatable bonds is 5. The van der Waals surface area contributed by atoms with E-state index in [1.807, 2.05) is 0 Å². The number of benzene rings is 9. The first-order valence-electron chi connectivity index (χ1n) is 21.7. The number of hydrogen-bond acceptors (Lipinski definition) is 1. The lowest BCUT2D eigenvalue weighted by molar-refractivity contribution is 0.660. The maximum Gasteiger partial charge on any atom is 0.0735 e. The van der Waals surface area contributed by atoms with E-state index in [-0.39, 0.29) is 5.41 Å². The van der Waals surface area contributed by atoms with E-state index in [0.717, 1.165) is 17.1 Å². The van der Waals surface area contributed by atoms with Crippen LogP contribution >= 0.6 is 10.0 Å². The van der Waals surface area contributed by atoms with E-state index in [2.05, 4.69) is 244 Å². The summed E-state index contributed by atoms with van der Waals surface area (Å²) >= 11 is 0. The van der Waals surface area contributed by atoms with E-state index in [9.17, 15) is 0 Å². The fraction of sp³-hybridized carbons (Fsp3) is 0.100. The first kappa shape index (κ1) is 36.9. The van der Waals surface area contributed by atoms with Gasteiger partial charge in [-0.3, -0.25) is 0 Å². The summed E-state index contributed by atoms with van der Waals surface area (Å²) in [5.74, 6) is 0. The molecule has 2 aliphatic carbocycles. The third-order valence-electron chi connectivity index (χ3n) is 14.2. The fourth-order valence-electron chi connectivity index (χ4n) is 11.3. The Morgan fingerprint density at radius 3 is 1.29 bits per heavy atom. The van der Waals surface area contributed by atoms with Crippen LogP contribution in [0, 0.1) is 0 Å². The topological polar surface area (TPSA) is 3.24 Å². The predicted molar refractivity (Wildman–Crippen MR) is 263 cm³/mol. The molecule has 1 aliphatic heterocycles. The molecule has 0 bridgehead atoms. The highest BCUT2D eigenvalue weighted by atomic mass is 32.3. The summed E-state index contributed by atoms with van der Waals surface area (Å²) in [4.78, 5) is 5.43. The van der Waals surface area contributed by atoms with Crippen LogP contribution in [-0.4, -0.2) is 12.5 Å². The third-order valence-corrected chi connectivity index (χ3v) is 17.2. The van der Waals surface area contributed by atoms with Crippen LogP contribution < -0.4 is 4.90 Å². The molecule has 0 saturated heterocycles. The van der Waals surface area contributed by atoms with Crippen molar-refractivity contribution in [2.45, 2.75) is 34.5 Å². The molecule has 2 heteroatoms. The van der Waals surface area contributed by atoms with Crippen molar-refractivity contribution in [1.29, 1.82) is 0 Å². The lowest BCUT2D eigenvalue weighted by Crippen LogP contribution is -2.34. The Balaban J connectivity index is 1.06. The van der Waals surface area contributed by atoms with Gasteiger partial charge in [0.1, 0.15) is 0 Å². The highest BCUT2D eigenvalue weighted by molar-refractivity contribution is 8.32. The molecule has 0 amide bonds. The molecule has 62 heavy (non-hydrogen) atoms. The van der Waals surface area contributed by atoms with Crippen LogP contribution in [0.15, 0.2) is 222 Å². The largest absolute Gasteiger partial charge is 0.310 e. The molecular formula is C60H47NS. The fourth-order valence-corrected chi connectivity index (χ4v) is 13.9. The summed E-state index contributed by atoms with van der Waals surface area (Å²) in [6, 6.07) is 79.9. The summed E-state index contributed by atoms with van der Waals surface area (Å²) in [6.07, 6.45) is 4.96. The molecule has 298 valence electrons. The van der Waals surface area contributed by atoms with Gasteiger partial charge in [0.2, 0.25) is 0 Å². The summed E-state index contributed by atoms with van der Waals surface area (Å²) in [6.45, 7) is 4.75. The Morgan fingerprint density at radius 2 is 0.710 bits per heavy atom. The number of fused-ring (bicyclic) bond motifs is 12. The Morgan fingerprint density at radius 1 is 0.323 bits per heavy atom. The van der Waals surface area contributed by atoms with Gasteiger partial charge in [-0.2, -0.15) is 10.0 Å². The van der Waals surface area contributed by atoms with Gasteiger partial charge < -0.3 is 4.90 Å². The molecule has 0 fully saturated rings. The lowest BCUT2D eigenvalue weighted by atomic mass is 9.67. The van der Waals surface area contributed by atoms with Crippen molar-refractivity contribution >= 4 is 27.1 Å². The van der Waals surface area contributed by atoms with Crippen molar-refractivity contribution in [1.82, 2.24) is 0 Å². The molecule has 12 rings (SSSR count). The second-order valence-electron chi connectivity index (χ2n) is 18.1. The zero-order chi connectivity index (χ0) is 41.8. The molecule has 9 aromatic carbocycles. The Hall–Kier alpha value is -6.87. The van der Waals surface area contributed by atoms with E-state index < -0.39 is 15.4 Å². The number of hydrogen-bond donors (Lipinski definition) is 0. The van der Waals surface area contributed by atoms with Crippen LogP contribution in [0.25, 0.3) is 44.5 Å². The predicted octanol–water partition coefficient (Wildman–Crippen LogP) is 16.0. The van der Waals surface area contributed by atoms with Crippen molar-refractivity contribution in [3.05, 3.63) is 246 Å². The van der Waals surface area contributed by atoms with E-state index in [1.165, 1.54) is 87.7 Å². The van der Waals surface area contributed by atoms with Gasteiger partial charge >= 0.3 is 0 Å². The minimum Gasteiger partial charge on any atom is -0.310 e. The van der Waals surface area contributed by atoms with Gasteiger partial charge in [0, 0.05) is 22.5 Å². The van der Waals surface area contributed by atoms with Gasteiger partial charge in [-0.05, 0) is 149 Å². The maximum atomic E-state index is 2.53. The first-order valence-corrected chi connectivity index (χ1v) is 24.2. The molecule has 1 spiro atoms. The van der Waals surface area contributed by atoms with Crippen molar-refractivity contribution in [3.63, 3.8) is 0 Å². The minimum absolute atomic E-state index is 0.127. The molecule has 0 aromatic heterocycles. The number of nitrogens with zero attached hydrogens (tertiary/aromatic N) is 1. The summed E-state index contributed by atoms with van der Waals surface area (Å²) < 4.78 is 0. The van der Waals surface area contributed by atoms with Crippen LogP contribution in [0.1, 0.15) is 47.2 Å². The highest BCUT2D eigenvalue weighted by Gasteiger charge is 2.52. The van der Waals surface area contributed by atoms with Crippen LogP contribution in [0.4, 0.5) is 17.1 Å². The Kier molecular flexibility index (Phi) is 8.08. The molecule has 1 nitrogen and oxygen atoms in total. The molecule has 9 aromatic rings. The van der Waals surface area contributed by atoms with Crippen LogP contribution in [0.2, 0.25) is 0 Å². The zero-order valence-electron chi connectivity index (χ0n) is 35.6. The normalized spacial score (nSPS) is 15.7. The lowest BCUT2D eigenvalue weighted by Gasteiger charge is -2.49. The quantitative estimate of drug-likeness (QED) is 0.167. The summed E-state index contributed by atoms with van der Waals surface area (Å²) in [5, 5.41) is 0. The maximum absolute atomic E-state index is 2.53. The van der Waals surface area contributed by atoms with Crippen LogP contribution in [-0.2, 0) is 10.8 Å². The van der Waals surface area contributed by atoms with Crippen LogP contribution in [0.5, 0.6) is 0 Å². The second-order valence-corrected chi connectivity index (χ2v) is 21.6. The molecular weight excluding hydrogens is 767 g/mol.